The first-order valence-corrected chi connectivity index (χ1v) is 15.3. The minimum absolute atomic E-state index is 0.192. The largest absolute Gasteiger partial charge is 0.463 e. The van der Waals surface area contributed by atoms with Gasteiger partial charge in [0.1, 0.15) is 13.2 Å². The van der Waals surface area contributed by atoms with Gasteiger partial charge in [-0.25, -0.2) is 4.79 Å². The average Bonchev–Trinajstić information content (AvgIpc) is 3.01. The van der Waals surface area contributed by atoms with Gasteiger partial charge in [0.15, 0.2) is 0 Å². The highest BCUT2D eigenvalue weighted by molar-refractivity contribution is 5.86. The van der Waals surface area contributed by atoms with Gasteiger partial charge in [-0.15, -0.1) is 0 Å². The maximum Gasteiger partial charge on any atom is 0.333 e. The molecule has 0 rings (SSSR count). The van der Waals surface area contributed by atoms with Gasteiger partial charge in [-0.2, -0.15) is 0 Å². The number of rotatable bonds is 36. The van der Waals surface area contributed by atoms with Crippen LogP contribution < -0.4 is 0 Å². The van der Waals surface area contributed by atoms with Crippen molar-refractivity contribution in [2.75, 3.05) is 145 Å². The zero-order chi connectivity index (χ0) is 32.2. The first-order valence-electron chi connectivity index (χ1n) is 15.3. The van der Waals surface area contributed by atoms with Crippen molar-refractivity contribution in [1.29, 1.82) is 0 Å². The zero-order valence-electron chi connectivity index (χ0n) is 26.9. The van der Waals surface area contributed by atoms with Crippen LogP contribution in [0.15, 0.2) is 12.2 Å². The smallest absolute Gasteiger partial charge is 0.333 e. The second-order valence-electron chi connectivity index (χ2n) is 9.01. The lowest BCUT2D eigenvalue weighted by molar-refractivity contribution is -0.145. The molecule has 0 fully saturated rings. The molecule has 0 N–H and O–H groups in total. The Morgan fingerprint density at radius 1 is 0.409 bits per heavy atom. The van der Waals surface area contributed by atoms with Crippen LogP contribution in [-0.2, 0) is 66.4 Å². The van der Waals surface area contributed by atoms with Crippen molar-refractivity contribution in [3.63, 3.8) is 0 Å². The molecule has 0 aliphatic heterocycles. The highest BCUT2D eigenvalue weighted by atomic mass is 16.6. The second-order valence-corrected chi connectivity index (χ2v) is 9.01. The van der Waals surface area contributed by atoms with Crippen LogP contribution in [-0.4, -0.2) is 157 Å². The number of hydrogen-bond acceptors (Lipinski definition) is 14. The third-order valence-corrected chi connectivity index (χ3v) is 5.10. The van der Waals surface area contributed by atoms with E-state index in [0.29, 0.717) is 144 Å². The van der Waals surface area contributed by atoms with E-state index in [1.807, 2.05) is 6.92 Å². The van der Waals surface area contributed by atoms with Crippen LogP contribution in [0.3, 0.4) is 0 Å². The molecule has 0 saturated heterocycles. The molecule has 0 heterocycles. The Morgan fingerprint density at radius 2 is 0.636 bits per heavy atom. The molecule has 0 aromatic heterocycles. The maximum atomic E-state index is 11.2. The van der Waals surface area contributed by atoms with Crippen LogP contribution in [0.4, 0.5) is 0 Å². The van der Waals surface area contributed by atoms with E-state index in [-0.39, 0.29) is 19.2 Å². The summed E-state index contributed by atoms with van der Waals surface area (Å²) in [6, 6.07) is 0. The Kier molecular flexibility index (Phi) is 34.4. The summed E-state index contributed by atoms with van der Waals surface area (Å²) in [6.45, 7) is 16.7. The molecule has 14 heteroatoms. The molecule has 0 aliphatic carbocycles. The number of ether oxygens (including phenoxy) is 12. The van der Waals surface area contributed by atoms with Gasteiger partial charge in [0.05, 0.1) is 132 Å². The van der Waals surface area contributed by atoms with Gasteiger partial charge in [0.2, 0.25) is 0 Å². The van der Waals surface area contributed by atoms with Crippen molar-refractivity contribution in [3.8, 4) is 0 Å². The summed E-state index contributed by atoms with van der Waals surface area (Å²) in [5.41, 5.74) is 0.367. The van der Waals surface area contributed by atoms with Crippen LogP contribution >= 0.6 is 0 Å². The third-order valence-electron chi connectivity index (χ3n) is 5.10. The van der Waals surface area contributed by atoms with Crippen molar-refractivity contribution in [2.45, 2.75) is 26.7 Å². The monoisotopic (exact) mass is 640 g/mol. The Balaban J connectivity index is 3.09. The second kappa shape index (κ2) is 35.8. The fraction of sp³-hybridized carbons (Fsp3) is 0.867. The molecule has 14 nitrogen and oxygen atoms in total. The van der Waals surface area contributed by atoms with Crippen LogP contribution in [0, 0.1) is 0 Å². The van der Waals surface area contributed by atoms with Gasteiger partial charge >= 0.3 is 11.9 Å². The Morgan fingerprint density at radius 3 is 0.864 bits per heavy atom. The Hall–Kier alpha value is -1.72. The highest BCUT2D eigenvalue weighted by Gasteiger charge is 2.02. The highest BCUT2D eigenvalue weighted by Crippen LogP contribution is 1.93. The third kappa shape index (κ3) is 34.8. The first kappa shape index (κ1) is 42.3. The zero-order valence-corrected chi connectivity index (χ0v) is 26.9. The molecule has 44 heavy (non-hydrogen) atoms. The molecule has 0 unspecified atom stereocenters. The predicted octanol–water partition coefficient (Wildman–Crippen LogP) is 1.62. The summed E-state index contributed by atoms with van der Waals surface area (Å²) in [6.07, 6.45) is 1.22. The molecular weight excluding hydrogens is 584 g/mol. The lowest BCUT2D eigenvalue weighted by atomic mass is 10.3. The van der Waals surface area contributed by atoms with Crippen LogP contribution in [0.5, 0.6) is 0 Å². The quantitative estimate of drug-likeness (QED) is 0.0555. The van der Waals surface area contributed by atoms with E-state index >= 15 is 0 Å². The van der Waals surface area contributed by atoms with Crippen molar-refractivity contribution < 1.29 is 66.4 Å². The molecule has 260 valence electrons. The number of carbonyl (C=O) groups excluding carboxylic acids is 2. The van der Waals surface area contributed by atoms with E-state index in [9.17, 15) is 9.59 Å². The Bertz CT molecular complexity index is 649. The van der Waals surface area contributed by atoms with Crippen molar-refractivity contribution in [1.82, 2.24) is 0 Å². The van der Waals surface area contributed by atoms with Crippen molar-refractivity contribution in [2.24, 2.45) is 0 Å². The maximum absolute atomic E-state index is 11.2. The van der Waals surface area contributed by atoms with Gasteiger partial charge in [-0.05, 0) is 13.3 Å². The van der Waals surface area contributed by atoms with E-state index in [1.54, 1.807) is 6.92 Å². The molecular formula is C30H56O14. The standard InChI is InChI=1S/C30H56O14/c1-4-5-29(31)43-26-24-41-22-20-39-18-16-37-14-12-35-10-8-33-6-7-34-9-11-36-13-15-38-17-19-40-21-23-42-25-27-44-30(32)28(2)3/h2,4-27H2,1,3H3. The van der Waals surface area contributed by atoms with Crippen molar-refractivity contribution in [3.05, 3.63) is 12.2 Å². The number of esters is 2. The summed E-state index contributed by atoms with van der Waals surface area (Å²) in [7, 11) is 0. The molecule has 0 bridgehead atoms. The fourth-order valence-electron chi connectivity index (χ4n) is 2.89. The van der Waals surface area contributed by atoms with E-state index in [0.717, 1.165) is 6.42 Å². The summed E-state index contributed by atoms with van der Waals surface area (Å²) >= 11 is 0. The molecule has 0 aromatic carbocycles. The fourth-order valence-corrected chi connectivity index (χ4v) is 2.89. The first-order chi connectivity index (χ1) is 21.6. The summed E-state index contributed by atoms with van der Waals surface area (Å²) in [4.78, 5) is 22.4. The summed E-state index contributed by atoms with van der Waals surface area (Å²) in [5.74, 6) is -0.608. The average molecular weight is 641 g/mol. The van der Waals surface area contributed by atoms with Gasteiger partial charge < -0.3 is 56.8 Å². The molecule has 0 saturated carbocycles. The Labute approximate surface area is 262 Å². The van der Waals surface area contributed by atoms with Gasteiger partial charge in [-0.1, -0.05) is 13.5 Å². The molecule has 0 atom stereocenters. The van der Waals surface area contributed by atoms with E-state index < -0.39 is 5.97 Å². The summed E-state index contributed by atoms with van der Waals surface area (Å²) < 4.78 is 64.0. The van der Waals surface area contributed by atoms with Gasteiger partial charge in [0, 0.05) is 12.0 Å². The molecule has 0 amide bonds. The van der Waals surface area contributed by atoms with Crippen LogP contribution in [0.2, 0.25) is 0 Å². The normalized spacial score (nSPS) is 11.1. The van der Waals surface area contributed by atoms with E-state index in [4.69, 9.17) is 56.8 Å². The molecule has 0 aliphatic rings. The van der Waals surface area contributed by atoms with Crippen LogP contribution in [0.25, 0.3) is 0 Å². The predicted molar refractivity (Wildman–Crippen MR) is 160 cm³/mol. The van der Waals surface area contributed by atoms with Gasteiger partial charge in [-0.3, -0.25) is 4.79 Å². The molecule has 0 aromatic rings. The van der Waals surface area contributed by atoms with Crippen molar-refractivity contribution >= 4 is 11.9 Å². The van der Waals surface area contributed by atoms with E-state index in [2.05, 4.69) is 6.58 Å². The lowest BCUT2D eigenvalue weighted by Crippen LogP contribution is -2.16. The molecule has 0 radical (unpaired) electrons. The SMILES string of the molecule is C=C(C)C(=O)OCCOCCOCCOCCOCCOCCOCCOCCOCCOCCOCCOC(=O)CCC. The topological polar surface area (TPSA) is 145 Å². The van der Waals surface area contributed by atoms with E-state index in [1.165, 1.54) is 0 Å². The summed E-state index contributed by atoms with van der Waals surface area (Å²) in [5, 5.41) is 0. The minimum atomic E-state index is -0.416. The van der Waals surface area contributed by atoms with Gasteiger partial charge in [0.25, 0.3) is 0 Å². The molecule has 0 spiro atoms. The number of hydrogen-bond donors (Lipinski definition) is 0. The number of carbonyl (C=O) groups is 2. The minimum Gasteiger partial charge on any atom is -0.463 e. The van der Waals surface area contributed by atoms with Crippen LogP contribution in [0.1, 0.15) is 26.7 Å². The lowest BCUT2D eigenvalue weighted by Gasteiger charge is -2.09.